The first-order chi connectivity index (χ1) is 41.3. The Morgan fingerprint density at radius 1 is 0.651 bits per heavy atom. The van der Waals surface area contributed by atoms with Gasteiger partial charge in [-0.1, -0.05) is 141 Å². The van der Waals surface area contributed by atoms with Gasteiger partial charge in [-0.3, -0.25) is 4.79 Å². The first-order valence-corrected chi connectivity index (χ1v) is 33.5. The number of carbonyl (C=O) groups is 3. The summed E-state index contributed by atoms with van der Waals surface area (Å²) in [6.45, 7) is 21.0. The number of hydrogen-bond donors (Lipinski definition) is 3. The van der Waals surface area contributed by atoms with E-state index in [2.05, 4.69) is 78.4 Å². The number of oxime groups is 1. The van der Waals surface area contributed by atoms with Crippen LogP contribution in [0.1, 0.15) is 182 Å². The van der Waals surface area contributed by atoms with Gasteiger partial charge in [-0.05, 0) is 204 Å². The normalized spacial score (nSPS) is 40.6. The Morgan fingerprint density at radius 3 is 1.52 bits per heavy atom. The third kappa shape index (κ3) is 11.1. The number of nitrogens with one attached hydrogen (secondary N) is 1. The van der Waals surface area contributed by atoms with Crippen molar-refractivity contribution in [1.82, 2.24) is 14.8 Å². The van der Waals surface area contributed by atoms with Crippen molar-refractivity contribution in [1.29, 1.82) is 0 Å². The molecule has 2 amide bonds. The van der Waals surface area contributed by atoms with Gasteiger partial charge in [-0.15, -0.1) is 5.00 Å². The molecule has 8 aliphatic carbocycles. The molecule has 0 bridgehead atoms. The second-order valence-corrected chi connectivity index (χ2v) is 29.8. The number of fused-ring (bicyclic) bond motifs is 12. The Bertz CT molecular complexity index is 3040. The number of halogens is 1. The Morgan fingerprint density at radius 2 is 1.08 bits per heavy atom. The first kappa shape index (κ1) is 61.4. The number of allylic oxidation sites excluding steroid dienone is 6. The number of rotatable bonds is 4. The summed E-state index contributed by atoms with van der Waals surface area (Å²) in [6.07, 6.45) is 23.2. The summed E-state index contributed by atoms with van der Waals surface area (Å²) >= 11 is 4.30. The molecule has 0 unspecified atom stereocenters. The lowest BCUT2D eigenvalue weighted by atomic mass is 9.56. The van der Waals surface area contributed by atoms with Crippen LogP contribution >= 0.6 is 11.8 Å². The van der Waals surface area contributed by atoms with Crippen LogP contribution in [0, 0.1) is 70.0 Å². The summed E-state index contributed by atoms with van der Waals surface area (Å²) in [6, 6.07) is 20.1. The minimum atomic E-state index is -0.213. The van der Waals surface area contributed by atoms with Crippen molar-refractivity contribution in [3.05, 3.63) is 117 Å². The van der Waals surface area contributed by atoms with E-state index in [0.717, 1.165) is 106 Å². The predicted molar refractivity (Wildman–Crippen MR) is 333 cm³/mol. The SMILES string of the molecule is CC1=C2C[C@H]3[C@@H](CCC4=CC(=NO)CC[C@@]43C)[C@@H]2CC[C@@]2(C1)O[C@@H]1C[C@H](C)CN(C(=O)OCc3ccccc3)[C@H]1[C@H]2C.CC1=C2C[C@H]3[C@@H](CCC4=CC(=O)CC[C@@]43C)[C@@H]2CC[C@@]2(C1)O[C@@H]1C[C@H](C)CN(C(=O)OCc3ccccc3)[C@H]1[C@H]2C.ONCl. The highest BCUT2D eigenvalue weighted by atomic mass is 35.5. The number of piperidine rings is 2. The van der Waals surface area contributed by atoms with Gasteiger partial charge in [0.1, 0.15) is 13.2 Å². The number of ketones is 1. The molecular formula is C72H97ClN4O9. The molecular weight excluding hydrogens is 1100 g/mol. The van der Waals surface area contributed by atoms with Gasteiger partial charge in [-0.25, -0.2) is 9.59 Å². The van der Waals surface area contributed by atoms with Crippen LogP contribution in [0.2, 0.25) is 0 Å². The van der Waals surface area contributed by atoms with Crippen molar-refractivity contribution in [3.8, 4) is 0 Å². The van der Waals surface area contributed by atoms with Crippen molar-refractivity contribution >= 4 is 35.5 Å². The van der Waals surface area contributed by atoms with Crippen LogP contribution in [-0.2, 0) is 37.0 Å². The summed E-state index contributed by atoms with van der Waals surface area (Å²) in [5.74, 6) is 5.71. The highest BCUT2D eigenvalue weighted by molar-refractivity contribution is 6.12. The van der Waals surface area contributed by atoms with E-state index in [1.807, 2.05) is 76.5 Å². The van der Waals surface area contributed by atoms with Gasteiger partial charge in [0, 0.05) is 43.1 Å². The van der Waals surface area contributed by atoms with Gasteiger partial charge in [-0.2, -0.15) is 0 Å². The van der Waals surface area contributed by atoms with E-state index < -0.39 is 0 Å². The largest absolute Gasteiger partial charge is 0.445 e. The molecule has 12 aliphatic rings. The number of amides is 2. The number of nitrogens with zero attached hydrogens (tertiary/aromatic N) is 3. The van der Waals surface area contributed by atoms with Crippen molar-refractivity contribution in [2.24, 2.45) is 75.2 Å². The molecule has 0 radical (unpaired) electrons. The molecule has 14 heteroatoms. The molecule has 13 nitrogen and oxygen atoms in total. The number of hydrogen-bond acceptors (Lipinski definition) is 11. The maximum Gasteiger partial charge on any atom is 0.410 e. The zero-order chi connectivity index (χ0) is 60.5. The summed E-state index contributed by atoms with van der Waals surface area (Å²) < 4.78 is 26.1. The van der Waals surface area contributed by atoms with Crippen LogP contribution in [0.3, 0.4) is 0 Å². The van der Waals surface area contributed by atoms with Gasteiger partial charge >= 0.3 is 12.2 Å². The molecule has 2 aromatic carbocycles. The third-order valence-electron chi connectivity index (χ3n) is 25.1. The summed E-state index contributed by atoms with van der Waals surface area (Å²) in [5, 5.41) is 20.1. The smallest absolute Gasteiger partial charge is 0.410 e. The van der Waals surface area contributed by atoms with Gasteiger partial charge in [0.15, 0.2) is 5.78 Å². The average molecular weight is 1200 g/mol. The van der Waals surface area contributed by atoms with E-state index in [-0.39, 0.29) is 70.3 Å². The zero-order valence-electron chi connectivity index (χ0n) is 52.5. The molecule has 2 spiro atoms. The number of carbonyl (C=O) groups excluding carboxylic acids is 3. The van der Waals surface area contributed by atoms with Gasteiger partial charge in [0.05, 0.1) is 41.2 Å². The van der Waals surface area contributed by atoms with E-state index in [4.69, 9.17) is 24.2 Å². The summed E-state index contributed by atoms with van der Waals surface area (Å²) in [5.41, 5.74) is 12.3. The highest BCUT2D eigenvalue weighted by Gasteiger charge is 2.63. The maximum absolute atomic E-state index is 13.5. The number of benzene rings is 2. The minimum absolute atomic E-state index is 0.0684. The van der Waals surface area contributed by atoms with E-state index >= 15 is 0 Å². The quantitative estimate of drug-likeness (QED) is 0.116. The van der Waals surface area contributed by atoms with Crippen LogP contribution in [0.25, 0.3) is 0 Å². The standard InChI is InChI=1S/C36H48N2O4.C36H47NO4.ClH2NO/c1-22-16-32-33(38(20-22)34(39)41-21-25-8-6-5-7-9-25)24(3)36(42-32)15-13-28-29-11-10-26-17-27(37-40)12-14-35(26,4)31(29)18-30(28)23(2)19-36;1-22-16-32-33(37(20-22)34(39)40-21-25-8-6-5-7-9-25)24(3)36(41-32)15-13-28-29-11-10-26-17-27(38)12-14-35(26,4)31(29)18-30(28)23(2)19-36;1-2-3/h5-9,17,22,24,28-29,31-33,40H,10-16,18-21H2,1-4H3;5-9,17,22,24,28-29,31-33H,10-16,18-21H2,1-4H3;2-3H/t2*22-,24+,28-,29-,31-,32+,33-,35-,36-;/m00./s1. The number of likely N-dealkylation sites (tertiary alicyclic amines) is 2. The molecule has 0 aromatic heterocycles. The summed E-state index contributed by atoms with van der Waals surface area (Å²) in [4.78, 5) is 44.5. The average Bonchev–Trinajstić information content (AvgIpc) is 1.59. The van der Waals surface area contributed by atoms with Crippen LogP contribution in [0.5, 0.6) is 0 Å². The van der Waals surface area contributed by atoms with E-state index in [1.165, 1.54) is 54.7 Å². The van der Waals surface area contributed by atoms with Crippen molar-refractivity contribution in [2.75, 3.05) is 13.1 Å². The van der Waals surface area contributed by atoms with Gasteiger partial charge < -0.3 is 39.2 Å². The lowest BCUT2D eigenvalue weighted by Gasteiger charge is -2.48. The van der Waals surface area contributed by atoms with Crippen molar-refractivity contribution in [2.45, 2.75) is 220 Å². The van der Waals surface area contributed by atoms with Crippen molar-refractivity contribution < 1.29 is 43.7 Å². The van der Waals surface area contributed by atoms with E-state index in [9.17, 15) is 19.6 Å². The zero-order valence-corrected chi connectivity index (χ0v) is 53.3. The van der Waals surface area contributed by atoms with Crippen LogP contribution in [-0.4, -0.2) is 92.5 Å². The van der Waals surface area contributed by atoms with Crippen LogP contribution < -0.4 is 5.00 Å². The lowest BCUT2D eigenvalue weighted by Crippen LogP contribution is -2.54. The molecule has 8 fully saturated rings. The Balaban J connectivity index is 0.000000161. The maximum atomic E-state index is 13.5. The molecule has 18 atom stereocenters. The topological polar surface area (TPSA) is 159 Å². The minimum Gasteiger partial charge on any atom is -0.445 e. The van der Waals surface area contributed by atoms with E-state index in [1.54, 1.807) is 22.3 Å². The Labute approximate surface area is 516 Å². The Kier molecular flexibility index (Phi) is 17.5. The molecule has 4 saturated carbocycles. The molecule has 3 N–H and O–H groups in total. The lowest BCUT2D eigenvalue weighted by molar-refractivity contribution is -0.116. The third-order valence-corrected chi connectivity index (χ3v) is 25.1. The van der Waals surface area contributed by atoms with Gasteiger partial charge in [0.2, 0.25) is 0 Å². The highest BCUT2D eigenvalue weighted by Crippen LogP contribution is 2.66. The molecule has 14 rings (SSSR count). The number of ether oxygens (including phenoxy) is 4. The van der Waals surface area contributed by atoms with Crippen molar-refractivity contribution in [3.63, 3.8) is 0 Å². The van der Waals surface area contributed by atoms with Crippen LogP contribution in [0.15, 0.2) is 111 Å². The molecule has 86 heavy (non-hydrogen) atoms. The fourth-order valence-electron chi connectivity index (χ4n) is 20.8. The second kappa shape index (κ2) is 24.5. The van der Waals surface area contributed by atoms with Crippen LogP contribution in [0.4, 0.5) is 9.59 Å². The molecule has 466 valence electrons. The molecule has 4 aliphatic heterocycles. The Hall–Kier alpha value is -4.79. The summed E-state index contributed by atoms with van der Waals surface area (Å²) in [7, 11) is 0. The fourth-order valence-corrected chi connectivity index (χ4v) is 20.8. The monoisotopic (exact) mass is 1200 g/mol. The first-order valence-electron chi connectivity index (χ1n) is 33.1. The molecule has 4 heterocycles. The predicted octanol–water partition coefficient (Wildman–Crippen LogP) is 15.7. The second-order valence-electron chi connectivity index (χ2n) is 29.7. The van der Waals surface area contributed by atoms with Gasteiger partial charge in [0.25, 0.3) is 0 Å². The van der Waals surface area contributed by atoms with E-state index in [0.29, 0.717) is 66.8 Å². The molecule has 2 aromatic rings. The molecule has 4 saturated heterocycles. The fraction of sp³-hybridized carbons (Fsp3) is 0.667.